The Morgan fingerprint density at radius 3 is 0.919 bits per heavy atom. The third kappa shape index (κ3) is 14.3. The highest BCUT2D eigenvalue weighted by atomic mass is 14.7. The number of para-hydroxylation sites is 5. The van der Waals surface area contributed by atoms with Gasteiger partial charge in [0.1, 0.15) is 0 Å². The van der Waals surface area contributed by atoms with Crippen molar-refractivity contribution in [2.45, 2.75) is 41.5 Å². The predicted molar refractivity (Wildman–Crippen MR) is 364 cm³/mol. The van der Waals surface area contributed by atoms with Crippen molar-refractivity contribution in [1.29, 1.82) is 0 Å². The lowest BCUT2D eigenvalue weighted by molar-refractivity contribution is 1.34. The molecule has 0 aliphatic carbocycles. The molecular formula is C81H67N5. The standard InChI is InChI=1S/2C17H15N.2C16H13N.C15H11N/c1-12-6-5-7-14(10-12)17-11-13(2)15-8-3-4-9-16(15)18-17;1-12-9-13(2)11-15(10-12)17-8-7-14-5-3-4-6-16(14)18-17;1-12-5-4-7-14(11-12)16-10-9-13-6-2-3-8-15(13)17-16;1-12-11-16(13-7-3-2-4-8-13)17-15-10-6-5-9-14(12)15;1-2-6-12(7-3-1)15-11-10-13-8-4-5-9-14(13)16-15/h2*3-11H,1-2H3;2*2-11H,1H3;1-11H. The van der Waals surface area contributed by atoms with E-state index in [9.17, 15) is 0 Å². The molecule has 5 nitrogen and oxygen atoms in total. The molecular weight excluding hydrogens is 1040 g/mol. The Morgan fingerprint density at radius 2 is 0.488 bits per heavy atom. The molecule has 0 saturated carbocycles. The minimum atomic E-state index is 1.03. The van der Waals surface area contributed by atoms with Crippen LogP contribution in [0, 0.1) is 41.5 Å². The summed E-state index contributed by atoms with van der Waals surface area (Å²) in [4.78, 5) is 23.5. The van der Waals surface area contributed by atoms with E-state index in [1.165, 1.54) is 82.6 Å². The second-order valence-corrected chi connectivity index (χ2v) is 21.7. The molecule has 416 valence electrons. The van der Waals surface area contributed by atoms with Crippen LogP contribution in [0.4, 0.5) is 0 Å². The molecule has 0 saturated heterocycles. The topological polar surface area (TPSA) is 64.5 Å². The first-order chi connectivity index (χ1) is 42.1. The molecule has 15 rings (SSSR count). The Balaban J connectivity index is 0.000000112. The fourth-order valence-electron chi connectivity index (χ4n) is 10.6. The highest BCUT2D eigenvalue weighted by Gasteiger charge is 2.08. The number of nitrogens with zero attached hydrogens (tertiary/aromatic N) is 5. The molecule has 15 aromatic rings. The Labute approximate surface area is 505 Å². The number of rotatable bonds is 5. The number of pyridine rings is 5. The quantitative estimate of drug-likeness (QED) is 0.172. The van der Waals surface area contributed by atoms with Gasteiger partial charge in [0, 0.05) is 54.7 Å². The average molecular weight is 1110 g/mol. The third-order valence-electron chi connectivity index (χ3n) is 14.9. The average Bonchev–Trinajstić information content (AvgIpc) is 3.57. The summed E-state index contributed by atoms with van der Waals surface area (Å²) in [5.41, 5.74) is 24.0. The zero-order chi connectivity index (χ0) is 59.2. The number of benzene rings is 10. The van der Waals surface area contributed by atoms with Crippen LogP contribution >= 0.6 is 0 Å². The van der Waals surface area contributed by atoms with E-state index in [0.29, 0.717) is 0 Å². The number of aryl methyl sites for hydroxylation is 6. The lowest BCUT2D eigenvalue weighted by atomic mass is 10.0. The molecule has 5 heteroatoms. The van der Waals surface area contributed by atoms with Gasteiger partial charge < -0.3 is 0 Å². The van der Waals surface area contributed by atoms with Crippen molar-refractivity contribution >= 4 is 54.5 Å². The summed E-state index contributed by atoms with van der Waals surface area (Å²) in [6.07, 6.45) is 0. The van der Waals surface area contributed by atoms with Crippen LogP contribution in [-0.4, -0.2) is 24.9 Å². The minimum absolute atomic E-state index is 1.03. The summed E-state index contributed by atoms with van der Waals surface area (Å²) in [6.45, 7) is 12.7. The number of fused-ring (bicyclic) bond motifs is 5. The van der Waals surface area contributed by atoms with Crippen LogP contribution in [0.15, 0.2) is 297 Å². The van der Waals surface area contributed by atoms with Crippen LogP contribution in [0.1, 0.15) is 33.4 Å². The zero-order valence-corrected chi connectivity index (χ0v) is 49.5. The van der Waals surface area contributed by atoms with Gasteiger partial charge in [0.05, 0.1) is 56.1 Å². The van der Waals surface area contributed by atoms with Crippen molar-refractivity contribution in [3.05, 3.63) is 331 Å². The van der Waals surface area contributed by atoms with Gasteiger partial charge in [-0.1, -0.05) is 235 Å². The highest BCUT2D eigenvalue weighted by molar-refractivity contribution is 5.87. The first-order valence-corrected chi connectivity index (χ1v) is 29.2. The van der Waals surface area contributed by atoms with Crippen LogP contribution in [0.3, 0.4) is 0 Å². The lowest BCUT2D eigenvalue weighted by Gasteiger charge is -2.07. The Morgan fingerprint density at radius 1 is 0.186 bits per heavy atom. The molecule has 10 aromatic carbocycles. The van der Waals surface area contributed by atoms with Crippen LogP contribution in [0.5, 0.6) is 0 Å². The van der Waals surface area contributed by atoms with Gasteiger partial charge in [-0.25, -0.2) is 24.9 Å². The van der Waals surface area contributed by atoms with Crippen LogP contribution in [0.25, 0.3) is 111 Å². The maximum Gasteiger partial charge on any atom is 0.0712 e. The smallest absolute Gasteiger partial charge is 0.0712 e. The highest BCUT2D eigenvalue weighted by Crippen LogP contribution is 2.28. The monoisotopic (exact) mass is 1110 g/mol. The summed E-state index contributed by atoms with van der Waals surface area (Å²) < 4.78 is 0. The predicted octanol–water partition coefficient (Wildman–Crippen LogP) is 21.4. The van der Waals surface area contributed by atoms with Crippen molar-refractivity contribution in [1.82, 2.24) is 24.9 Å². The molecule has 0 spiro atoms. The summed E-state index contributed by atoms with van der Waals surface area (Å²) in [7, 11) is 0. The molecule has 5 heterocycles. The Kier molecular flexibility index (Phi) is 18.0. The van der Waals surface area contributed by atoms with E-state index in [1.54, 1.807) is 0 Å². The molecule has 0 N–H and O–H groups in total. The SMILES string of the molecule is Cc1cc(-c2ccccc2)nc2ccccc12.Cc1cc(C)cc(-c2ccc3ccccc3n2)c1.Cc1cccc(-c2cc(C)c3ccccc3n2)c1.Cc1cccc(-c2ccc3ccccc3n2)c1.c1ccc(-c2ccc3ccccc3n2)cc1. The van der Waals surface area contributed by atoms with Gasteiger partial charge >= 0.3 is 0 Å². The molecule has 0 bridgehead atoms. The number of hydrogen-bond donors (Lipinski definition) is 0. The second kappa shape index (κ2) is 27.1. The Hall–Kier alpha value is -10.8. The van der Waals surface area contributed by atoms with Crippen molar-refractivity contribution in [2.75, 3.05) is 0 Å². The van der Waals surface area contributed by atoms with Crippen molar-refractivity contribution in [3.63, 3.8) is 0 Å². The fourth-order valence-corrected chi connectivity index (χ4v) is 10.6. The van der Waals surface area contributed by atoms with E-state index < -0.39 is 0 Å². The lowest BCUT2D eigenvalue weighted by Crippen LogP contribution is -1.88. The first kappa shape index (κ1) is 57.1. The third-order valence-corrected chi connectivity index (χ3v) is 14.9. The molecule has 0 aliphatic heterocycles. The van der Waals surface area contributed by atoms with Gasteiger partial charge in [-0.3, -0.25) is 0 Å². The van der Waals surface area contributed by atoms with Crippen LogP contribution < -0.4 is 0 Å². The van der Waals surface area contributed by atoms with Gasteiger partial charge in [-0.05, 0) is 138 Å². The van der Waals surface area contributed by atoms with E-state index in [4.69, 9.17) is 15.0 Å². The minimum Gasteiger partial charge on any atom is -0.248 e. The molecule has 0 fully saturated rings. The number of aromatic nitrogens is 5. The number of hydrogen-bond acceptors (Lipinski definition) is 5. The van der Waals surface area contributed by atoms with E-state index in [2.05, 4.69) is 258 Å². The van der Waals surface area contributed by atoms with Crippen molar-refractivity contribution in [2.24, 2.45) is 0 Å². The molecule has 0 unspecified atom stereocenters. The summed E-state index contributed by atoms with van der Waals surface area (Å²) in [5.74, 6) is 0. The molecule has 0 amide bonds. The van der Waals surface area contributed by atoms with Crippen LogP contribution in [0.2, 0.25) is 0 Å². The van der Waals surface area contributed by atoms with Crippen LogP contribution in [-0.2, 0) is 0 Å². The van der Waals surface area contributed by atoms with Gasteiger partial charge in [-0.2, -0.15) is 0 Å². The molecule has 5 aromatic heterocycles. The largest absolute Gasteiger partial charge is 0.248 e. The molecule has 0 radical (unpaired) electrons. The van der Waals surface area contributed by atoms with Gasteiger partial charge in [0.15, 0.2) is 0 Å². The van der Waals surface area contributed by atoms with Crippen molar-refractivity contribution < 1.29 is 0 Å². The van der Waals surface area contributed by atoms with E-state index in [-0.39, 0.29) is 0 Å². The summed E-state index contributed by atoms with van der Waals surface area (Å²) in [6, 6.07) is 102. The zero-order valence-electron chi connectivity index (χ0n) is 49.5. The maximum atomic E-state index is 4.75. The normalized spacial score (nSPS) is 10.7. The summed E-state index contributed by atoms with van der Waals surface area (Å²) >= 11 is 0. The Bertz CT molecular complexity index is 4760. The van der Waals surface area contributed by atoms with Gasteiger partial charge in [0.25, 0.3) is 0 Å². The van der Waals surface area contributed by atoms with Gasteiger partial charge in [-0.15, -0.1) is 0 Å². The molecule has 0 atom stereocenters. The van der Waals surface area contributed by atoms with Crippen molar-refractivity contribution in [3.8, 4) is 56.3 Å². The maximum absolute atomic E-state index is 4.75. The summed E-state index contributed by atoms with van der Waals surface area (Å²) in [5, 5.41) is 6.01. The molecule has 86 heavy (non-hydrogen) atoms. The molecule has 0 aliphatic rings. The second-order valence-electron chi connectivity index (χ2n) is 21.7. The van der Waals surface area contributed by atoms with E-state index >= 15 is 0 Å². The fraction of sp³-hybridized carbons (Fsp3) is 0.0741. The first-order valence-electron chi connectivity index (χ1n) is 29.2. The van der Waals surface area contributed by atoms with E-state index in [0.717, 1.165) is 61.6 Å². The van der Waals surface area contributed by atoms with Gasteiger partial charge in [0.2, 0.25) is 0 Å². The van der Waals surface area contributed by atoms with E-state index in [1.807, 2.05) is 91.0 Å².